The number of rotatable bonds is 5. The van der Waals surface area contributed by atoms with E-state index >= 15 is 0 Å². The Bertz CT molecular complexity index is 1090. The van der Waals surface area contributed by atoms with Gasteiger partial charge in [-0.05, 0) is 25.3 Å². The Morgan fingerprint density at radius 2 is 1.97 bits per heavy atom. The van der Waals surface area contributed by atoms with Crippen LogP contribution in [0.5, 0.6) is 0 Å². The number of amides is 1. The quantitative estimate of drug-likeness (QED) is 0.590. The van der Waals surface area contributed by atoms with Crippen LogP contribution in [0.2, 0.25) is 0 Å². The van der Waals surface area contributed by atoms with Gasteiger partial charge in [0.1, 0.15) is 15.6 Å². The van der Waals surface area contributed by atoms with Crippen molar-refractivity contribution in [1.82, 2.24) is 19.3 Å². The molecule has 1 amide bonds. The van der Waals surface area contributed by atoms with Crippen molar-refractivity contribution < 1.29 is 17.7 Å². The van der Waals surface area contributed by atoms with Gasteiger partial charge in [0.2, 0.25) is 15.9 Å². The standard InChI is InChI=1S/C18H20N4O4S3/c1-12-17(13(2)26-20-12)29(24,25)22-7-5-21(6-8-22)16(23)10-14-11-28-18(19-14)15-4-3-9-27-15/h3-4,9,11H,5-8,10H2,1-2H3. The van der Waals surface area contributed by atoms with Gasteiger partial charge in [-0.15, -0.1) is 22.7 Å². The van der Waals surface area contributed by atoms with Gasteiger partial charge in [-0.25, -0.2) is 13.4 Å². The first-order valence-electron chi connectivity index (χ1n) is 9.05. The molecular formula is C18H20N4O4S3. The van der Waals surface area contributed by atoms with E-state index in [1.54, 1.807) is 30.1 Å². The molecule has 0 saturated carbocycles. The zero-order valence-electron chi connectivity index (χ0n) is 16.0. The first-order valence-corrected chi connectivity index (χ1v) is 12.3. The molecule has 8 nitrogen and oxygen atoms in total. The molecule has 4 rings (SSSR count). The summed E-state index contributed by atoms with van der Waals surface area (Å²) in [5.41, 5.74) is 1.10. The normalized spacial score (nSPS) is 15.7. The fourth-order valence-electron chi connectivity index (χ4n) is 3.32. The summed E-state index contributed by atoms with van der Waals surface area (Å²) in [6, 6.07) is 3.98. The molecule has 1 aliphatic heterocycles. The number of aryl methyl sites for hydroxylation is 2. The second-order valence-corrected chi connectivity index (χ2v) is 10.4. The lowest BCUT2D eigenvalue weighted by atomic mass is 10.2. The zero-order valence-corrected chi connectivity index (χ0v) is 18.4. The van der Waals surface area contributed by atoms with Crippen LogP contribution in [0.25, 0.3) is 9.88 Å². The molecule has 1 aliphatic rings. The minimum absolute atomic E-state index is 0.0394. The van der Waals surface area contributed by atoms with E-state index < -0.39 is 10.0 Å². The molecule has 0 atom stereocenters. The molecule has 4 heterocycles. The fourth-order valence-corrected chi connectivity index (χ4v) is 6.67. The monoisotopic (exact) mass is 452 g/mol. The Labute approximate surface area is 176 Å². The molecule has 29 heavy (non-hydrogen) atoms. The minimum Gasteiger partial charge on any atom is -0.360 e. The number of thiazole rings is 1. The smallest absolute Gasteiger partial charge is 0.248 e. The van der Waals surface area contributed by atoms with Gasteiger partial charge in [0.15, 0.2) is 5.76 Å². The van der Waals surface area contributed by atoms with Crippen molar-refractivity contribution in [3.05, 3.63) is 40.0 Å². The Morgan fingerprint density at radius 1 is 1.21 bits per heavy atom. The van der Waals surface area contributed by atoms with Crippen molar-refractivity contribution in [2.45, 2.75) is 25.2 Å². The fraction of sp³-hybridized carbons (Fsp3) is 0.389. The highest BCUT2D eigenvalue weighted by Gasteiger charge is 2.34. The highest BCUT2D eigenvalue weighted by Crippen LogP contribution is 2.28. The third-order valence-corrected chi connectivity index (χ3v) is 8.85. The molecule has 0 spiro atoms. The summed E-state index contributed by atoms with van der Waals surface area (Å²) < 4.78 is 32.2. The number of nitrogens with zero attached hydrogens (tertiary/aromatic N) is 4. The van der Waals surface area contributed by atoms with Gasteiger partial charge in [-0.3, -0.25) is 4.79 Å². The second kappa shape index (κ2) is 7.98. The minimum atomic E-state index is -3.68. The van der Waals surface area contributed by atoms with Crippen molar-refractivity contribution in [3.63, 3.8) is 0 Å². The van der Waals surface area contributed by atoms with Gasteiger partial charge in [-0.2, -0.15) is 4.31 Å². The Morgan fingerprint density at radius 3 is 2.59 bits per heavy atom. The van der Waals surface area contributed by atoms with E-state index in [0.717, 1.165) is 15.6 Å². The molecule has 3 aromatic heterocycles. The van der Waals surface area contributed by atoms with Gasteiger partial charge in [0.25, 0.3) is 0 Å². The van der Waals surface area contributed by atoms with E-state index in [9.17, 15) is 13.2 Å². The lowest BCUT2D eigenvalue weighted by molar-refractivity contribution is -0.131. The molecule has 0 aromatic carbocycles. The van der Waals surface area contributed by atoms with E-state index in [1.165, 1.54) is 15.6 Å². The van der Waals surface area contributed by atoms with Gasteiger partial charge < -0.3 is 9.42 Å². The maximum Gasteiger partial charge on any atom is 0.248 e. The molecule has 3 aromatic rings. The van der Waals surface area contributed by atoms with Crippen LogP contribution in [0, 0.1) is 13.8 Å². The van der Waals surface area contributed by atoms with Gasteiger partial charge in [0, 0.05) is 31.6 Å². The molecule has 1 saturated heterocycles. The number of hydrogen-bond acceptors (Lipinski definition) is 8. The van der Waals surface area contributed by atoms with Crippen LogP contribution in [0.1, 0.15) is 17.1 Å². The molecule has 1 fully saturated rings. The molecule has 0 aliphatic carbocycles. The van der Waals surface area contributed by atoms with Crippen molar-refractivity contribution >= 4 is 38.6 Å². The van der Waals surface area contributed by atoms with Crippen LogP contribution < -0.4 is 0 Å². The van der Waals surface area contributed by atoms with Crippen LogP contribution in [-0.2, 0) is 21.2 Å². The number of thiophene rings is 1. The van der Waals surface area contributed by atoms with E-state index in [2.05, 4.69) is 10.1 Å². The molecule has 0 radical (unpaired) electrons. The average Bonchev–Trinajstić information content (AvgIpc) is 3.43. The van der Waals surface area contributed by atoms with Crippen LogP contribution in [0.4, 0.5) is 0 Å². The Kier molecular flexibility index (Phi) is 5.56. The Balaban J connectivity index is 1.38. The average molecular weight is 453 g/mol. The first-order chi connectivity index (χ1) is 13.9. The highest BCUT2D eigenvalue weighted by molar-refractivity contribution is 7.89. The van der Waals surface area contributed by atoms with Gasteiger partial charge in [0.05, 0.1) is 17.0 Å². The number of aromatic nitrogens is 2. The third kappa shape index (κ3) is 4.00. The van der Waals surface area contributed by atoms with Crippen molar-refractivity contribution in [2.75, 3.05) is 26.2 Å². The van der Waals surface area contributed by atoms with Crippen molar-refractivity contribution in [2.24, 2.45) is 0 Å². The molecule has 0 N–H and O–H groups in total. The summed E-state index contributed by atoms with van der Waals surface area (Å²) in [4.78, 5) is 20.1. The molecule has 0 unspecified atom stereocenters. The number of hydrogen-bond donors (Lipinski definition) is 0. The number of carbonyl (C=O) groups excluding carboxylic acids is 1. The van der Waals surface area contributed by atoms with Gasteiger partial charge >= 0.3 is 0 Å². The van der Waals surface area contributed by atoms with Crippen LogP contribution in [0.3, 0.4) is 0 Å². The van der Waals surface area contributed by atoms with E-state index in [1.807, 2.05) is 22.9 Å². The van der Waals surface area contributed by atoms with E-state index in [0.29, 0.717) is 18.8 Å². The van der Waals surface area contributed by atoms with Crippen LogP contribution in [-0.4, -0.2) is 59.8 Å². The molecular weight excluding hydrogens is 432 g/mol. The topological polar surface area (TPSA) is 96.6 Å². The van der Waals surface area contributed by atoms with Crippen LogP contribution in [0.15, 0.2) is 32.3 Å². The second-order valence-electron chi connectivity index (χ2n) is 6.74. The number of piperazine rings is 1. The van der Waals surface area contributed by atoms with Crippen molar-refractivity contribution in [1.29, 1.82) is 0 Å². The summed E-state index contributed by atoms with van der Waals surface area (Å²) in [6.07, 6.45) is 0.221. The largest absolute Gasteiger partial charge is 0.360 e. The maximum absolute atomic E-state index is 12.9. The molecule has 11 heteroatoms. The van der Waals surface area contributed by atoms with Gasteiger partial charge in [-0.1, -0.05) is 11.2 Å². The van der Waals surface area contributed by atoms with Crippen LogP contribution >= 0.6 is 22.7 Å². The molecule has 0 bridgehead atoms. The summed E-state index contributed by atoms with van der Waals surface area (Å²) in [7, 11) is -3.68. The lowest BCUT2D eigenvalue weighted by Crippen LogP contribution is -2.51. The maximum atomic E-state index is 12.9. The summed E-state index contributed by atoms with van der Waals surface area (Å²) in [5, 5.41) is 8.56. The summed E-state index contributed by atoms with van der Waals surface area (Å²) in [6.45, 7) is 4.39. The Hall–Kier alpha value is -2.08. The first kappa shape index (κ1) is 20.2. The lowest BCUT2D eigenvalue weighted by Gasteiger charge is -2.33. The predicted molar refractivity (Wildman–Crippen MR) is 110 cm³/mol. The summed E-state index contributed by atoms with van der Waals surface area (Å²) in [5.74, 6) is 0.244. The predicted octanol–water partition coefficient (Wildman–Crippen LogP) is 2.55. The molecule has 154 valence electrons. The number of sulfonamides is 1. The van der Waals surface area contributed by atoms with E-state index in [4.69, 9.17) is 4.52 Å². The highest BCUT2D eigenvalue weighted by atomic mass is 32.2. The summed E-state index contributed by atoms with van der Waals surface area (Å²) >= 11 is 3.15. The van der Waals surface area contributed by atoms with E-state index in [-0.39, 0.29) is 36.1 Å². The zero-order chi connectivity index (χ0) is 20.6. The van der Waals surface area contributed by atoms with Crippen molar-refractivity contribution in [3.8, 4) is 9.88 Å². The number of carbonyl (C=O) groups is 1. The SMILES string of the molecule is Cc1noc(C)c1S(=O)(=O)N1CCN(C(=O)Cc2csc(-c3cccs3)n2)CC1. The third-order valence-electron chi connectivity index (χ3n) is 4.77.